The zero-order valence-corrected chi connectivity index (χ0v) is 16.7. The second-order valence-corrected chi connectivity index (χ2v) is 7.42. The topological polar surface area (TPSA) is 83.1 Å². The van der Waals surface area contributed by atoms with Gasteiger partial charge in [-0.25, -0.2) is 9.97 Å². The molecule has 7 heteroatoms. The van der Waals surface area contributed by atoms with E-state index >= 15 is 0 Å². The summed E-state index contributed by atoms with van der Waals surface area (Å²) in [7, 11) is 0. The molecule has 1 fully saturated rings. The van der Waals surface area contributed by atoms with Crippen LogP contribution in [0.5, 0.6) is 5.75 Å². The number of hydrogen-bond acceptors (Lipinski definition) is 6. The van der Waals surface area contributed by atoms with E-state index in [1.807, 2.05) is 43.5 Å². The maximum absolute atomic E-state index is 12.6. The third kappa shape index (κ3) is 4.50. The van der Waals surface area contributed by atoms with Crippen LogP contribution in [0.2, 0.25) is 0 Å². The SMILES string of the molecule is CCOc1ccccc1NCC(=O)C[C@@H]1CCCN(c2ncnc3[nH]ccc23)C1. The number of para-hydroxylation sites is 2. The Morgan fingerprint density at radius 2 is 2.21 bits per heavy atom. The predicted octanol–water partition coefficient (Wildman–Crippen LogP) is 3.64. The van der Waals surface area contributed by atoms with Crippen molar-refractivity contribution < 1.29 is 9.53 Å². The van der Waals surface area contributed by atoms with E-state index in [1.165, 1.54) is 0 Å². The van der Waals surface area contributed by atoms with Crippen LogP contribution in [0.25, 0.3) is 11.0 Å². The molecule has 0 spiro atoms. The van der Waals surface area contributed by atoms with E-state index in [-0.39, 0.29) is 5.78 Å². The van der Waals surface area contributed by atoms with Crippen molar-refractivity contribution in [3.63, 3.8) is 0 Å². The van der Waals surface area contributed by atoms with Crippen molar-refractivity contribution >= 4 is 28.3 Å². The summed E-state index contributed by atoms with van der Waals surface area (Å²) in [6.07, 6.45) is 6.19. The third-order valence-corrected chi connectivity index (χ3v) is 5.33. The number of aromatic nitrogens is 3. The van der Waals surface area contributed by atoms with E-state index in [2.05, 4.69) is 25.2 Å². The summed E-state index contributed by atoms with van der Waals surface area (Å²) in [5.41, 5.74) is 1.72. The van der Waals surface area contributed by atoms with Crippen molar-refractivity contribution in [2.75, 3.05) is 36.5 Å². The van der Waals surface area contributed by atoms with Gasteiger partial charge in [-0.2, -0.15) is 0 Å². The molecule has 29 heavy (non-hydrogen) atoms. The molecule has 2 aromatic heterocycles. The normalized spacial score (nSPS) is 16.7. The Morgan fingerprint density at radius 1 is 1.31 bits per heavy atom. The minimum atomic E-state index is 0.220. The first-order chi connectivity index (χ1) is 14.2. The number of hydrogen-bond donors (Lipinski definition) is 2. The smallest absolute Gasteiger partial charge is 0.152 e. The highest BCUT2D eigenvalue weighted by Crippen LogP contribution is 2.28. The van der Waals surface area contributed by atoms with E-state index < -0.39 is 0 Å². The van der Waals surface area contributed by atoms with Crippen LogP contribution in [0.3, 0.4) is 0 Å². The molecule has 152 valence electrons. The quantitative estimate of drug-likeness (QED) is 0.608. The van der Waals surface area contributed by atoms with Gasteiger partial charge in [-0.3, -0.25) is 4.79 Å². The lowest BCUT2D eigenvalue weighted by atomic mass is 9.92. The first-order valence-electron chi connectivity index (χ1n) is 10.2. The monoisotopic (exact) mass is 393 g/mol. The summed E-state index contributed by atoms with van der Waals surface area (Å²) in [5, 5.41) is 4.27. The number of H-pyrrole nitrogens is 1. The first kappa shape index (κ1) is 19.2. The molecule has 7 nitrogen and oxygen atoms in total. The molecule has 0 amide bonds. The van der Waals surface area contributed by atoms with E-state index in [0.717, 1.165) is 54.2 Å². The van der Waals surface area contributed by atoms with Gasteiger partial charge in [0, 0.05) is 25.7 Å². The second-order valence-electron chi connectivity index (χ2n) is 7.42. The van der Waals surface area contributed by atoms with Crippen molar-refractivity contribution in [3.8, 4) is 5.75 Å². The average molecular weight is 393 g/mol. The maximum atomic E-state index is 12.6. The Hall–Kier alpha value is -3.09. The Morgan fingerprint density at radius 3 is 3.10 bits per heavy atom. The number of Topliss-reactive ketones (excluding diaryl/α,β-unsaturated/α-hetero) is 1. The number of piperidine rings is 1. The van der Waals surface area contributed by atoms with Crippen LogP contribution in [-0.2, 0) is 4.79 Å². The number of ether oxygens (including phenoxy) is 1. The number of nitrogens with zero attached hydrogens (tertiary/aromatic N) is 3. The zero-order chi connectivity index (χ0) is 20.1. The highest BCUT2D eigenvalue weighted by atomic mass is 16.5. The number of aromatic amines is 1. The van der Waals surface area contributed by atoms with E-state index in [4.69, 9.17) is 4.74 Å². The largest absolute Gasteiger partial charge is 0.492 e. The van der Waals surface area contributed by atoms with Crippen LogP contribution in [0.15, 0.2) is 42.9 Å². The molecule has 2 N–H and O–H groups in total. The summed E-state index contributed by atoms with van der Waals surface area (Å²) < 4.78 is 5.62. The molecule has 0 unspecified atom stereocenters. The number of nitrogens with one attached hydrogen (secondary N) is 2. The third-order valence-electron chi connectivity index (χ3n) is 5.33. The van der Waals surface area contributed by atoms with Gasteiger partial charge in [0.2, 0.25) is 0 Å². The number of benzene rings is 1. The second kappa shape index (κ2) is 8.94. The van der Waals surface area contributed by atoms with Gasteiger partial charge in [-0.1, -0.05) is 12.1 Å². The van der Waals surface area contributed by atoms with Gasteiger partial charge >= 0.3 is 0 Å². The van der Waals surface area contributed by atoms with Gasteiger partial charge in [0.05, 0.1) is 24.2 Å². The average Bonchev–Trinajstić information content (AvgIpc) is 3.22. The molecule has 4 rings (SSSR count). The number of fused-ring (bicyclic) bond motifs is 1. The Bertz CT molecular complexity index is 971. The van der Waals surface area contributed by atoms with E-state index in [0.29, 0.717) is 25.5 Å². The lowest BCUT2D eigenvalue weighted by Crippen LogP contribution is -2.37. The minimum Gasteiger partial charge on any atom is -0.492 e. The number of carbonyl (C=O) groups is 1. The predicted molar refractivity (Wildman–Crippen MR) is 115 cm³/mol. The van der Waals surface area contributed by atoms with E-state index in [9.17, 15) is 4.79 Å². The first-order valence-corrected chi connectivity index (χ1v) is 10.2. The summed E-state index contributed by atoms with van der Waals surface area (Å²) in [6.45, 7) is 4.67. The molecule has 1 saturated heterocycles. The van der Waals surface area contributed by atoms with Crippen molar-refractivity contribution in [2.24, 2.45) is 5.92 Å². The Balaban J connectivity index is 1.35. The molecule has 1 aromatic carbocycles. The van der Waals surface area contributed by atoms with Gasteiger partial charge in [-0.05, 0) is 43.9 Å². The number of rotatable bonds is 8. The number of ketones is 1. The van der Waals surface area contributed by atoms with Gasteiger partial charge in [0.15, 0.2) is 5.78 Å². The molecular formula is C22H27N5O2. The molecule has 1 atom stereocenters. The van der Waals surface area contributed by atoms with Gasteiger partial charge in [0.1, 0.15) is 23.5 Å². The van der Waals surface area contributed by atoms with Gasteiger partial charge in [0.25, 0.3) is 0 Å². The fraction of sp³-hybridized carbons (Fsp3) is 0.409. The molecule has 0 aliphatic carbocycles. The highest BCUT2D eigenvalue weighted by molar-refractivity contribution is 5.87. The van der Waals surface area contributed by atoms with Crippen molar-refractivity contribution in [2.45, 2.75) is 26.2 Å². The van der Waals surface area contributed by atoms with Crippen LogP contribution >= 0.6 is 0 Å². The summed E-state index contributed by atoms with van der Waals surface area (Å²) in [4.78, 5) is 26.8. The van der Waals surface area contributed by atoms with Crippen molar-refractivity contribution in [1.82, 2.24) is 15.0 Å². The minimum absolute atomic E-state index is 0.220. The van der Waals surface area contributed by atoms with Crippen molar-refractivity contribution in [1.29, 1.82) is 0 Å². The van der Waals surface area contributed by atoms with Crippen LogP contribution in [0.4, 0.5) is 11.5 Å². The molecule has 1 aliphatic rings. The Labute approximate surface area is 170 Å². The fourth-order valence-electron chi connectivity index (χ4n) is 4.02. The lowest BCUT2D eigenvalue weighted by molar-refractivity contribution is -0.118. The maximum Gasteiger partial charge on any atom is 0.152 e. The summed E-state index contributed by atoms with van der Waals surface area (Å²) in [5.74, 6) is 2.30. The number of carbonyl (C=O) groups excluding carboxylic acids is 1. The van der Waals surface area contributed by atoms with Crippen molar-refractivity contribution in [3.05, 3.63) is 42.9 Å². The van der Waals surface area contributed by atoms with Gasteiger partial charge < -0.3 is 19.9 Å². The number of anilines is 2. The van der Waals surface area contributed by atoms with Crippen LogP contribution < -0.4 is 15.0 Å². The zero-order valence-electron chi connectivity index (χ0n) is 16.7. The Kier molecular flexibility index (Phi) is 5.93. The van der Waals surface area contributed by atoms with E-state index in [1.54, 1.807) is 6.33 Å². The van der Waals surface area contributed by atoms with Crippen LogP contribution in [-0.4, -0.2) is 47.0 Å². The molecule has 3 aromatic rings. The molecule has 0 saturated carbocycles. The molecular weight excluding hydrogens is 366 g/mol. The lowest BCUT2D eigenvalue weighted by Gasteiger charge is -2.33. The van der Waals surface area contributed by atoms with Crippen LogP contribution in [0, 0.1) is 5.92 Å². The van der Waals surface area contributed by atoms with Crippen LogP contribution in [0.1, 0.15) is 26.2 Å². The molecule has 3 heterocycles. The summed E-state index contributed by atoms with van der Waals surface area (Å²) >= 11 is 0. The fourth-order valence-corrected chi connectivity index (χ4v) is 4.02. The molecule has 0 radical (unpaired) electrons. The van der Waals surface area contributed by atoms with Gasteiger partial charge in [-0.15, -0.1) is 0 Å². The molecule has 0 bridgehead atoms. The molecule has 1 aliphatic heterocycles. The highest BCUT2D eigenvalue weighted by Gasteiger charge is 2.24. The standard InChI is InChI=1S/C22H27N5O2/c1-2-29-20-8-4-3-7-19(20)24-13-17(28)12-16-6-5-11-27(14-16)22-18-9-10-23-21(18)25-15-26-22/h3-4,7-10,15-16,24H,2,5-6,11-14H2,1H3,(H,23,25,26)/t16-/m0/s1. The summed E-state index contributed by atoms with van der Waals surface area (Å²) in [6, 6.07) is 9.75.